The Balaban J connectivity index is 2.12. The fraction of sp³-hybridized carbons (Fsp3) is 0.762. The molecule has 1 aliphatic rings. The number of likely N-dealkylation sites (tertiary alicyclic amines) is 1. The van der Waals surface area contributed by atoms with Crippen molar-refractivity contribution in [3.63, 3.8) is 0 Å². The highest BCUT2D eigenvalue weighted by Crippen LogP contribution is 2.18. The van der Waals surface area contributed by atoms with E-state index in [1.54, 1.807) is 4.90 Å². The van der Waals surface area contributed by atoms with Crippen LogP contribution in [0.5, 0.6) is 0 Å². The minimum Gasteiger partial charge on any atom is -0.444 e. The third-order valence-electron chi connectivity index (χ3n) is 5.31. The molecule has 1 aromatic heterocycles. The molecule has 0 bridgehead atoms. The summed E-state index contributed by atoms with van der Waals surface area (Å²) in [6.07, 6.45) is 2.90. The average Bonchev–Trinajstić information content (AvgIpc) is 3.06. The van der Waals surface area contributed by atoms with Gasteiger partial charge >= 0.3 is 6.09 Å². The van der Waals surface area contributed by atoms with Crippen molar-refractivity contribution in [3.05, 3.63) is 16.7 Å². The number of H-pyrrole nitrogens is 1. The molecule has 2 amide bonds. The molecular weight excluding hydrogens is 406 g/mol. The highest BCUT2D eigenvalue weighted by atomic mass is 35.5. The zero-order chi connectivity index (χ0) is 22.5. The molecule has 0 radical (unpaired) electrons. The largest absolute Gasteiger partial charge is 0.444 e. The normalized spacial score (nSPS) is 19.8. The van der Waals surface area contributed by atoms with Crippen molar-refractivity contribution in [2.24, 2.45) is 0 Å². The molecule has 0 saturated carbocycles. The maximum Gasteiger partial charge on any atom is 0.410 e. The van der Waals surface area contributed by atoms with Crippen LogP contribution in [-0.2, 0) is 11.2 Å². The lowest BCUT2D eigenvalue weighted by atomic mass is 9.97. The van der Waals surface area contributed by atoms with E-state index < -0.39 is 5.60 Å². The van der Waals surface area contributed by atoms with Crippen molar-refractivity contribution < 1.29 is 14.3 Å². The lowest BCUT2D eigenvalue weighted by Crippen LogP contribution is -2.62. The number of halogens is 1. The van der Waals surface area contributed by atoms with Crippen LogP contribution in [0.3, 0.4) is 0 Å². The van der Waals surface area contributed by atoms with Gasteiger partial charge in [0.2, 0.25) is 0 Å². The van der Waals surface area contributed by atoms with E-state index in [4.69, 9.17) is 16.3 Å². The van der Waals surface area contributed by atoms with Crippen LogP contribution in [0, 0.1) is 0 Å². The van der Waals surface area contributed by atoms with Crippen molar-refractivity contribution in [1.29, 1.82) is 0 Å². The number of carbonyl (C=O) groups is 2. The molecule has 1 aliphatic heterocycles. The van der Waals surface area contributed by atoms with E-state index in [1.165, 1.54) is 0 Å². The van der Waals surface area contributed by atoms with Crippen molar-refractivity contribution in [2.75, 3.05) is 13.1 Å². The third kappa shape index (κ3) is 6.60. The number of aromatic amines is 1. The summed E-state index contributed by atoms with van der Waals surface area (Å²) in [7, 11) is 0. The number of aryl methyl sites for hydroxylation is 1. The smallest absolute Gasteiger partial charge is 0.410 e. The van der Waals surface area contributed by atoms with Gasteiger partial charge in [-0.25, -0.2) is 9.78 Å². The SMILES string of the molecule is CCc1[nH]c(C(=O)N[C@@H]2CCN(C(=O)OC(C)(C)C)C[C@@H]2NC(CC)CC)nc1Cl. The Morgan fingerprint density at radius 2 is 1.93 bits per heavy atom. The average molecular weight is 442 g/mol. The van der Waals surface area contributed by atoms with Crippen molar-refractivity contribution in [3.8, 4) is 0 Å². The first-order valence-electron chi connectivity index (χ1n) is 10.9. The number of ether oxygens (including phenoxy) is 1. The first-order valence-corrected chi connectivity index (χ1v) is 11.2. The quantitative estimate of drug-likeness (QED) is 0.601. The van der Waals surface area contributed by atoms with Crippen LogP contribution in [-0.4, -0.2) is 63.7 Å². The number of piperidine rings is 1. The molecule has 1 saturated heterocycles. The number of hydrogen-bond donors (Lipinski definition) is 3. The number of aromatic nitrogens is 2. The maximum atomic E-state index is 12.8. The minimum absolute atomic E-state index is 0.0869. The van der Waals surface area contributed by atoms with Gasteiger partial charge in [0.05, 0.1) is 5.69 Å². The van der Waals surface area contributed by atoms with E-state index in [9.17, 15) is 9.59 Å². The number of carbonyl (C=O) groups excluding carboxylic acids is 2. The summed E-state index contributed by atoms with van der Waals surface area (Å²) < 4.78 is 5.54. The van der Waals surface area contributed by atoms with Crippen molar-refractivity contribution in [2.45, 2.75) is 91.0 Å². The Labute approximate surface area is 184 Å². The Hall–Kier alpha value is -1.80. The van der Waals surface area contributed by atoms with Crippen LogP contribution in [0.15, 0.2) is 0 Å². The van der Waals surface area contributed by atoms with Crippen LogP contribution >= 0.6 is 11.6 Å². The zero-order valence-corrected chi connectivity index (χ0v) is 19.7. The predicted octanol–water partition coefficient (Wildman–Crippen LogP) is 3.51. The fourth-order valence-electron chi connectivity index (χ4n) is 3.58. The molecule has 2 heterocycles. The first kappa shape index (κ1) is 24.5. The van der Waals surface area contributed by atoms with Gasteiger partial charge in [0.25, 0.3) is 5.91 Å². The standard InChI is InChI=1S/C21H36ClN5O3/c1-7-13(8-2)23-16-12-27(20(29)30-21(4,5)6)11-10-15(16)25-19(28)18-24-14(9-3)17(22)26-18/h13,15-16,23H,7-12H2,1-6H3,(H,24,26)(H,25,28)/t15-,16+/m1/s1. The predicted molar refractivity (Wildman–Crippen MR) is 118 cm³/mol. The number of rotatable bonds is 7. The number of nitrogens with one attached hydrogen (secondary N) is 3. The summed E-state index contributed by atoms with van der Waals surface area (Å²) in [5.74, 6) is -0.0728. The number of hydrogen-bond acceptors (Lipinski definition) is 5. The molecule has 0 aromatic carbocycles. The summed E-state index contributed by atoms with van der Waals surface area (Å²) in [4.78, 5) is 34.2. The van der Waals surface area contributed by atoms with Gasteiger partial charge in [0.1, 0.15) is 5.60 Å². The molecule has 2 rings (SSSR count). The van der Waals surface area contributed by atoms with Gasteiger partial charge in [-0.15, -0.1) is 0 Å². The second kappa shape index (κ2) is 10.5. The van der Waals surface area contributed by atoms with Gasteiger partial charge in [-0.05, 0) is 46.5 Å². The van der Waals surface area contributed by atoms with E-state index in [0.29, 0.717) is 37.1 Å². The lowest BCUT2D eigenvalue weighted by Gasteiger charge is -2.41. The molecule has 2 atom stereocenters. The Morgan fingerprint density at radius 1 is 1.27 bits per heavy atom. The van der Waals surface area contributed by atoms with Gasteiger partial charge in [-0.2, -0.15) is 0 Å². The molecule has 1 aromatic rings. The Morgan fingerprint density at radius 3 is 2.47 bits per heavy atom. The second-order valence-electron chi connectivity index (χ2n) is 8.79. The molecule has 0 unspecified atom stereocenters. The number of nitrogens with zero attached hydrogens (tertiary/aromatic N) is 2. The van der Waals surface area contributed by atoms with Crippen LogP contribution in [0.4, 0.5) is 4.79 Å². The molecule has 30 heavy (non-hydrogen) atoms. The van der Waals surface area contributed by atoms with Gasteiger partial charge in [-0.1, -0.05) is 32.4 Å². The van der Waals surface area contributed by atoms with E-state index in [0.717, 1.165) is 18.5 Å². The highest BCUT2D eigenvalue weighted by molar-refractivity contribution is 6.30. The molecule has 0 spiro atoms. The summed E-state index contributed by atoms with van der Waals surface area (Å²) in [6.45, 7) is 12.8. The Bertz CT molecular complexity index is 727. The minimum atomic E-state index is -0.546. The van der Waals surface area contributed by atoms with Crippen LogP contribution < -0.4 is 10.6 Å². The Kier molecular flexibility index (Phi) is 8.55. The topological polar surface area (TPSA) is 99.4 Å². The summed E-state index contributed by atoms with van der Waals surface area (Å²) in [5.41, 5.74) is 0.198. The lowest BCUT2D eigenvalue weighted by molar-refractivity contribution is 0.0156. The van der Waals surface area contributed by atoms with Gasteiger partial charge in [-0.3, -0.25) is 4.79 Å². The fourth-order valence-corrected chi connectivity index (χ4v) is 3.85. The molecule has 3 N–H and O–H groups in total. The molecule has 1 fully saturated rings. The summed E-state index contributed by atoms with van der Waals surface area (Å²) in [6, 6.07) is 0.0830. The molecular formula is C21H36ClN5O3. The molecule has 0 aliphatic carbocycles. The number of amides is 2. The van der Waals surface area contributed by atoms with Crippen LogP contribution in [0.1, 0.15) is 77.1 Å². The number of imidazole rings is 1. The summed E-state index contributed by atoms with van der Waals surface area (Å²) >= 11 is 6.08. The van der Waals surface area contributed by atoms with Gasteiger partial charge in [0, 0.05) is 31.2 Å². The molecule has 170 valence electrons. The van der Waals surface area contributed by atoms with Crippen LogP contribution in [0.2, 0.25) is 5.15 Å². The molecule has 8 nitrogen and oxygen atoms in total. The first-order chi connectivity index (χ1) is 14.1. The van der Waals surface area contributed by atoms with E-state index in [1.807, 2.05) is 27.7 Å². The highest BCUT2D eigenvalue weighted by Gasteiger charge is 2.35. The molecule has 9 heteroatoms. The third-order valence-corrected chi connectivity index (χ3v) is 5.63. The van der Waals surface area contributed by atoms with Gasteiger partial charge < -0.3 is 25.3 Å². The monoisotopic (exact) mass is 441 g/mol. The van der Waals surface area contributed by atoms with E-state index >= 15 is 0 Å². The van der Waals surface area contributed by atoms with Gasteiger partial charge in [0.15, 0.2) is 11.0 Å². The van der Waals surface area contributed by atoms with E-state index in [-0.39, 0.29) is 29.9 Å². The van der Waals surface area contributed by atoms with Crippen molar-refractivity contribution >= 4 is 23.6 Å². The second-order valence-corrected chi connectivity index (χ2v) is 9.15. The van der Waals surface area contributed by atoms with Crippen molar-refractivity contribution in [1.82, 2.24) is 25.5 Å². The summed E-state index contributed by atoms with van der Waals surface area (Å²) in [5, 5.41) is 7.02. The van der Waals surface area contributed by atoms with Crippen LogP contribution in [0.25, 0.3) is 0 Å². The zero-order valence-electron chi connectivity index (χ0n) is 19.0. The maximum absolute atomic E-state index is 12.8. The van der Waals surface area contributed by atoms with E-state index in [2.05, 4.69) is 34.4 Å².